The number of thiophene rings is 1. The lowest BCUT2D eigenvalue weighted by Crippen LogP contribution is -2.29. The predicted octanol–water partition coefficient (Wildman–Crippen LogP) is 2.56. The van der Waals surface area contributed by atoms with E-state index in [-0.39, 0.29) is 18.3 Å². The lowest BCUT2D eigenvalue weighted by molar-refractivity contribution is -0.143. The van der Waals surface area contributed by atoms with Crippen molar-refractivity contribution in [3.8, 4) is 5.69 Å². The molecule has 5 nitrogen and oxygen atoms in total. The molecule has 1 amide bonds. The maximum atomic E-state index is 12.5. The smallest absolute Gasteiger partial charge is 0.307 e. The summed E-state index contributed by atoms with van der Waals surface area (Å²) in [5, 5.41) is 1.89. The Morgan fingerprint density at radius 1 is 1.33 bits per heavy atom. The standard InChI is InChI=1S/C15H18N2O3S/c1-3-20-13(18)6-10-16(2)15(19)14-12(7-11-21-14)17-8-4-5-9-17/h4-5,7-9,11H,3,6,10H2,1-2H3. The molecule has 0 aromatic carbocycles. The van der Waals surface area contributed by atoms with Gasteiger partial charge in [0.05, 0.1) is 18.7 Å². The molecule has 0 unspecified atom stereocenters. The molecule has 0 aliphatic heterocycles. The molecule has 0 saturated heterocycles. The van der Waals surface area contributed by atoms with Crippen LogP contribution < -0.4 is 0 Å². The van der Waals surface area contributed by atoms with E-state index < -0.39 is 0 Å². The highest BCUT2D eigenvalue weighted by atomic mass is 32.1. The zero-order valence-corrected chi connectivity index (χ0v) is 12.9. The molecule has 0 radical (unpaired) electrons. The Hall–Kier alpha value is -2.08. The highest BCUT2D eigenvalue weighted by molar-refractivity contribution is 7.12. The average molecular weight is 306 g/mol. The number of esters is 1. The number of rotatable bonds is 6. The molecule has 2 aromatic rings. The van der Waals surface area contributed by atoms with Crippen molar-refractivity contribution in [3.63, 3.8) is 0 Å². The average Bonchev–Trinajstić information content (AvgIpc) is 3.13. The van der Waals surface area contributed by atoms with E-state index in [1.807, 2.05) is 40.5 Å². The van der Waals surface area contributed by atoms with E-state index in [1.165, 1.54) is 11.3 Å². The van der Waals surface area contributed by atoms with Crippen molar-refractivity contribution < 1.29 is 14.3 Å². The van der Waals surface area contributed by atoms with Gasteiger partial charge in [-0.1, -0.05) is 0 Å². The van der Waals surface area contributed by atoms with Gasteiger partial charge in [0.25, 0.3) is 5.91 Å². The van der Waals surface area contributed by atoms with E-state index >= 15 is 0 Å². The minimum Gasteiger partial charge on any atom is -0.466 e. The summed E-state index contributed by atoms with van der Waals surface area (Å²) in [7, 11) is 1.70. The third-order valence-corrected chi connectivity index (χ3v) is 3.92. The van der Waals surface area contributed by atoms with Crippen molar-refractivity contribution in [1.29, 1.82) is 0 Å². The molecule has 0 aliphatic carbocycles. The highest BCUT2D eigenvalue weighted by Gasteiger charge is 2.19. The summed E-state index contributed by atoms with van der Waals surface area (Å²) < 4.78 is 6.77. The Labute approximate surface area is 127 Å². The molecule has 0 N–H and O–H groups in total. The fraction of sp³-hybridized carbons (Fsp3) is 0.333. The predicted molar refractivity (Wildman–Crippen MR) is 81.9 cm³/mol. The van der Waals surface area contributed by atoms with E-state index in [0.717, 1.165) is 5.69 Å². The molecule has 0 bridgehead atoms. The molecule has 0 aliphatic rings. The molecule has 21 heavy (non-hydrogen) atoms. The summed E-state index contributed by atoms with van der Waals surface area (Å²) in [6.45, 7) is 2.47. The van der Waals surface area contributed by atoms with Crippen molar-refractivity contribution >= 4 is 23.2 Å². The van der Waals surface area contributed by atoms with Crippen LogP contribution >= 0.6 is 11.3 Å². The van der Waals surface area contributed by atoms with Crippen LogP contribution in [0.5, 0.6) is 0 Å². The van der Waals surface area contributed by atoms with Crippen molar-refractivity contribution in [2.24, 2.45) is 0 Å². The SMILES string of the molecule is CCOC(=O)CCN(C)C(=O)c1sccc1-n1cccc1. The first-order chi connectivity index (χ1) is 10.1. The van der Waals surface area contributed by atoms with Crippen LogP contribution in [0.1, 0.15) is 23.0 Å². The number of carbonyl (C=O) groups is 2. The Morgan fingerprint density at radius 2 is 2.05 bits per heavy atom. The fourth-order valence-corrected chi connectivity index (χ4v) is 2.81. The van der Waals surface area contributed by atoms with Crippen LogP contribution in [0, 0.1) is 0 Å². The quantitative estimate of drug-likeness (QED) is 0.771. The first kappa shape index (κ1) is 15.3. The maximum absolute atomic E-state index is 12.5. The zero-order chi connectivity index (χ0) is 15.2. The van der Waals surface area contributed by atoms with Gasteiger partial charge in [-0.25, -0.2) is 0 Å². The van der Waals surface area contributed by atoms with E-state index in [4.69, 9.17) is 4.74 Å². The Kier molecular flexibility index (Phi) is 5.16. The fourth-order valence-electron chi connectivity index (χ4n) is 1.93. The number of ether oxygens (including phenoxy) is 1. The number of amides is 1. The maximum Gasteiger partial charge on any atom is 0.307 e. The van der Waals surface area contributed by atoms with E-state index in [0.29, 0.717) is 18.0 Å². The van der Waals surface area contributed by atoms with Crippen molar-refractivity contribution in [2.75, 3.05) is 20.2 Å². The van der Waals surface area contributed by atoms with Gasteiger partial charge >= 0.3 is 5.97 Å². The first-order valence-corrected chi connectivity index (χ1v) is 7.63. The minimum absolute atomic E-state index is 0.0852. The van der Waals surface area contributed by atoms with Gasteiger partial charge in [-0.15, -0.1) is 11.3 Å². The molecule has 2 rings (SSSR count). The lowest BCUT2D eigenvalue weighted by Gasteiger charge is -2.16. The van der Waals surface area contributed by atoms with Crippen LogP contribution in [0.25, 0.3) is 5.69 Å². The van der Waals surface area contributed by atoms with Gasteiger partial charge < -0.3 is 14.2 Å². The van der Waals surface area contributed by atoms with Crippen LogP contribution in [-0.2, 0) is 9.53 Å². The van der Waals surface area contributed by atoms with E-state index in [9.17, 15) is 9.59 Å². The Morgan fingerprint density at radius 3 is 2.71 bits per heavy atom. The number of hydrogen-bond donors (Lipinski definition) is 0. The summed E-state index contributed by atoms with van der Waals surface area (Å²) in [5.74, 6) is -0.369. The zero-order valence-electron chi connectivity index (χ0n) is 12.1. The molecule has 2 aromatic heterocycles. The van der Waals surface area contributed by atoms with Gasteiger partial charge in [0, 0.05) is 26.0 Å². The second kappa shape index (κ2) is 7.08. The summed E-state index contributed by atoms with van der Waals surface area (Å²) in [4.78, 5) is 26.0. The lowest BCUT2D eigenvalue weighted by atomic mass is 10.3. The number of hydrogen-bond acceptors (Lipinski definition) is 4. The van der Waals surface area contributed by atoms with Crippen LogP contribution in [0.15, 0.2) is 36.0 Å². The first-order valence-electron chi connectivity index (χ1n) is 6.75. The molecular formula is C15H18N2O3S. The van der Waals surface area contributed by atoms with Gasteiger partial charge in [-0.3, -0.25) is 9.59 Å². The van der Waals surface area contributed by atoms with Crippen molar-refractivity contribution in [3.05, 3.63) is 40.8 Å². The van der Waals surface area contributed by atoms with Crippen LogP contribution in [-0.4, -0.2) is 41.5 Å². The summed E-state index contributed by atoms with van der Waals surface area (Å²) in [6, 6.07) is 5.74. The minimum atomic E-state index is -0.283. The van der Waals surface area contributed by atoms with Gasteiger partial charge in [0.2, 0.25) is 0 Å². The number of carbonyl (C=O) groups excluding carboxylic acids is 2. The van der Waals surface area contributed by atoms with Gasteiger partial charge in [0.15, 0.2) is 0 Å². The normalized spacial score (nSPS) is 10.4. The molecule has 0 saturated carbocycles. The summed E-state index contributed by atoms with van der Waals surface area (Å²) in [5.41, 5.74) is 0.859. The third-order valence-electron chi connectivity index (χ3n) is 3.02. The molecule has 6 heteroatoms. The van der Waals surface area contributed by atoms with E-state index in [1.54, 1.807) is 18.9 Å². The van der Waals surface area contributed by atoms with Crippen LogP contribution in [0.2, 0.25) is 0 Å². The third kappa shape index (κ3) is 3.72. The molecular weight excluding hydrogens is 288 g/mol. The van der Waals surface area contributed by atoms with Gasteiger partial charge in [0.1, 0.15) is 4.88 Å². The molecule has 112 valence electrons. The van der Waals surface area contributed by atoms with Crippen molar-refractivity contribution in [1.82, 2.24) is 9.47 Å². The molecule has 0 atom stereocenters. The second-order valence-corrected chi connectivity index (χ2v) is 5.42. The topological polar surface area (TPSA) is 51.5 Å². The summed E-state index contributed by atoms with van der Waals surface area (Å²) >= 11 is 1.40. The molecule has 0 spiro atoms. The number of nitrogens with zero attached hydrogens (tertiary/aromatic N) is 2. The Balaban J connectivity index is 2.03. The van der Waals surface area contributed by atoms with Gasteiger partial charge in [-0.05, 0) is 30.5 Å². The molecule has 0 fully saturated rings. The van der Waals surface area contributed by atoms with E-state index in [2.05, 4.69) is 0 Å². The monoisotopic (exact) mass is 306 g/mol. The second-order valence-electron chi connectivity index (χ2n) is 4.51. The highest BCUT2D eigenvalue weighted by Crippen LogP contribution is 2.22. The van der Waals surface area contributed by atoms with Crippen molar-refractivity contribution in [2.45, 2.75) is 13.3 Å². The molecule has 2 heterocycles. The van der Waals surface area contributed by atoms with Crippen LogP contribution in [0.4, 0.5) is 0 Å². The Bertz CT molecular complexity index is 604. The van der Waals surface area contributed by atoms with Crippen LogP contribution in [0.3, 0.4) is 0 Å². The summed E-state index contributed by atoms with van der Waals surface area (Å²) in [6.07, 6.45) is 4.01. The largest absolute Gasteiger partial charge is 0.466 e. The number of aromatic nitrogens is 1. The van der Waals surface area contributed by atoms with Gasteiger partial charge in [-0.2, -0.15) is 0 Å².